The van der Waals surface area contributed by atoms with Gasteiger partial charge >= 0.3 is 41.9 Å². The number of nitrogens with one attached hydrogen (secondary N) is 1. The van der Waals surface area contributed by atoms with Crippen LogP contribution in [0.1, 0.15) is 199 Å². The highest BCUT2D eigenvalue weighted by atomic mass is 16.7. The number of hydrogen-bond donors (Lipinski definition) is 2. The summed E-state index contributed by atoms with van der Waals surface area (Å²) in [6, 6.07) is 0. The van der Waals surface area contributed by atoms with Crippen LogP contribution >= 0.6 is 0 Å². The second kappa shape index (κ2) is 19.3. The van der Waals surface area contributed by atoms with Crippen molar-refractivity contribution in [2.45, 2.75) is 227 Å². The molecular weight excluding hydrogens is 953 g/mol. The third-order valence-electron chi connectivity index (χ3n) is 21.3. The van der Waals surface area contributed by atoms with Gasteiger partial charge in [0.15, 0.2) is 0 Å². The molecule has 17 nitrogen and oxygen atoms in total. The molecule has 0 radical (unpaired) electrons. The van der Waals surface area contributed by atoms with Crippen LogP contribution in [0.25, 0.3) is 0 Å². The van der Waals surface area contributed by atoms with Crippen LogP contribution in [-0.2, 0) is 62.0 Å². The van der Waals surface area contributed by atoms with E-state index < -0.39 is 104 Å². The maximum atomic E-state index is 16.6. The summed E-state index contributed by atoms with van der Waals surface area (Å²) >= 11 is 0. The van der Waals surface area contributed by atoms with Gasteiger partial charge in [-0.15, -0.1) is 0 Å². The number of cyclic esters (lactones) is 1. The highest BCUT2D eigenvalue weighted by molar-refractivity contribution is 6.01. The highest BCUT2D eigenvalue weighted by Gasteiger charge is 2.80. The zero-order valence-electron chi connectivity index (χ0n) is 46.4. The Hall–Kier alpha value is -4.28. The number of ether oxygens (including phenoxy) is 6. The molecule has 17 heteroatoms. The number of carbonyl (C=O) groups excluding carboxylic acids is 7. The first-order valence-electron chi connectivity index (χ1n) is 27.8. The number of esters is 6. The number of carbonyl (C=O) groups is 7. The third kappa shape index (κ3) is 9.44. The normalized spacial score (nSPS) is 36.3. The van der Waals surface area contributed by atoms with Gasteiger partial charge in [-0.3, -0.25) is 33.6 Å². The van der Waals surface area contributed by atoms with E-state index in [2.05, 4.69) is 10.5 Å². The van der Waals surface area contributed by atoms with Gasteiger partial charge in [0.2, 0.25) is 0 Å². The van der Waals surface area contributed by atoms with E-state index in [4.69, 9.17) is 33.3 Å². The first-order chi connectivity index (χ1) is 34.3. The number of aliphatic hydroxyl groups is 1. The lowest BCUT2D eigenvalue weighted by Crippen LogP contribution is -2.73. The third-order valence-corrected chi connectivity index (χ3v) is 21.3. The average Bonchev–Trinajstić information content (AvgIpc) is 3.73. The lowest BCUT2D eigenvalue weighted by Gasteiger charge is -2.63. The predicted octanol–water partition coefficient (Wildman–Crippen LogP) is 9.01. The minimum Gasteiger partial charge on any atom is -0.465 e. The number of hydrogen-bond acceptors (Lipinski definition) is 16. The summed E-state index contributed by atoms with van der Waals surface area (Å²) in [6.45, 7) is 18.2. The lowest BCUT2D eigenvalue weighted by molar-refractivity contribution is -0.258. The molecule has 74 heavy (non-hydrogen) atoms. The van der Waals surface area contributed by atoms with Crippen molar-refractivity contribution in [1.29, 1.82) is 0 Å². The molecule has 10 aliphatic rings. The van der Waals surface area contributed by atoms with Crippen molar-refractivity contribution < 1.29 is 71.9 Å². The van der Waals surface area contributed by atoms with E-state index >= 15 is 24.0 Å². The summed E-state index contributed by atoms with van der Waals surface area (Å²) in [5, 5.41) is 18.2. The van der Waals surface area contributed by atoms with Crippen LogP contribution in [0.3, 0.4) is 0 Å². The SMILES string of the molecule is CC/C(C)=N/OC(=O)NCCOC(=O)C(C)(C(C)(C(=O)OC1(C)CCOC(=O)C1)C(C)(C)C(=O)OC12CC3CC(CC(O)(C3)C1)C2)C(C)(C(=O)OC1(C)C2CC3CC(C2)CC1C3)C(C)(C)C(=O)OC1(C)CCCC1. The first kappa shape index (κ1) is 55.9. The van der Waals surface area contributed by atoms with Crippen LogP contribution in [0.5, 0.6) is 0 Å². The summed E-state index contributed by atoms with van der Waals surface area (Å²) < 4.78 is 38.3. The molecule has 6 atom stereocenters. The van der Waals surface area contributed by atoms with Gasteiger partial charge in [0, 0.05) is 12.8 Å². The van der Waals surface area contributed by atoms with Crippen molar-refractivity contribution in [2.24, 2.45) is 67.7 Å². The summed E-state index contributed by atoms with van der Waals surface area (Å²) in [5.41, 5.74) is -16.9. The van der Waals surface area contributed by atoms with Gasteiger partial charge in [0.1, 0.15) is 29.0 Å². The van der Waals surface area contributed by atoms with E-state index in [0.29, 0.717) is 62.5 Å². The fourth-order valence-corrected chi connectivity index (χ4v) is 16.1. The highest BCUT2D eigenvalue weighted by Crippen LogP contribution is 2.69. The predicted molar refractivity (Wildman–Crippen MR) is 268 cm³/mol. The molecule has 8 bridgehead atoms. The maximum Gasteiger partial charge on any atom is 0.433 e. The van der Waals surface area contributed by atoms with E-state index in [-0.39, 0.29) is 56.1 Å². The Morgan fingerprint density at radius 2 is 1.18 bits per heavy atom. The lowest BCUT2D eigenvalue weighted by atomic mass is 9.40. The first-order valence-corrected chi connectivity index (χ1v) is 27.8. The number of rotatable bonds is 18. The summed E-state index contributed by atoms with van der Waals surface area (Å²) in [6.07, 6.45) is 9.80. The van der Waals surface area contributed by atoms with Crippen molar-refractivity contribution in [2.75, 3.05) is 19.8 Å². The van der Waals surface area contributed by atoms with Crippen LogP contribution in [-0.4, -0.2) is 100 Å². The molecule has 1 saturated heterocycles. The summed E-state index contributed by atoms with van der Waals surface area (Å²) in [7, 11) is 0. The molecule has 10 fully saturated rings. The van der Waals surface area contributed by atoms with Gasteiger partial charge < -0.3 is 38.8 Å². The molecule has 1 amide bonds. The van der Waals surface area contributed by atoms with Gasteiger partial charge in [-0.2, -0.15) is 0 Å². The molecule has 0 spiro atoms. The van der Waals surface area contributed by atoms with Crippen molar-refractivity contribution >= 4 is 47.6 Å². The number of amides is 1. The van der Waals surface area contributed by atoms with E-state index in [1.54, 1.807) is 13.8 Å². The summed E-state index contributed by atoms with van der Waals surface area (Å²) in [5.74, 6) is -4.50. The minimum atomic E-state index is -2.65. The second-order valence-electron chi connectivity index (χ2n) is 26.9. The van der Waals surface area contributed by atoms with Crippen LogP contribution in [0.15, 0.2) is 5.16 Å². The van der Waals surface area contributed by atoms with E-state index in [1.165, 1.54) is 48.5 Å². The Kier molecular flexibility index (Phi) is 14.6. The Morgan fingerprint density at radius 3 is 1.70 bits per heavy atom. The molecule has 9 aliphatic carbocycles. The number of oxime groups is 1. The standard InChI is InChI=1S/C57H86N2O15/c1-13-34(2)59-74-47(66)58-19-21-69-44(63)55(12,54(11,48(3,4)42(61)70-50(7)16-14-15-17-50)46(65)72-52(9)39-24-35-22-36(26-39)27-40(52)25-35)53(10,45(64)71-51(8)18-20-68-41(60)32-51)49(5,6)43(62)73-57-30-37-23-38(31-57)29-56(67,28-37)33-57/h35-40,67H,13-33H2,1-12H3,(H,58,66)/b59-34+. The van der Waals surface area contributed by atoms with Crippen molar-refractivity contribution in [3.05, 3.63) is 0 Å². The van der Waals surface area contributed by atoms with Crippen molar-refractivity contribution in [3.63, 3.8) is 0 Å². The monoisotopic (exact) mass is 1040 g/mol. The Balaban J connectivity index is 1.30. The topological polar surface area (TPSA) is 229 Å². The van der Waals surface area contributed by atoms with Gasteiger partial charge in [0.05, 0.1) is 58.0 Å². The second-order valence-corrected chi connectivity index (χ2v) is 26.9. The molecular formula is C57H86N2O15. The molecule has 0 aromatic heterocycles. The Morgan fingerprint density at radius 1 is 0.662 bits per heavy atom. The van der Waals surface area contributed by atoms with E-state index in [0.717, 1.165) is 51.4 Å². The quantitative estimate of drug-likeness (QED) is 0.0326. The van der Waals surface area contributed by atoms with E-state index in [1.807, 2.05) is 20.8 Å². The molecule has 1 aliphatic heterocycles. The molecule has 6 unspecified atom stereocenters. The number of nitrogens with zero attached hydrogens (tertiary/aromatic N) is 1. The molecule has 1 heterocycles. The molecule has 9 saturated carbocycles. The average molecular weight is 1040 g/mol. The smallest absolute Gasteiger partial charge is 0.433 e. The zero-order chi connectivity index (χ0) is 54.3. The van der Waals surface area contributed by atoms with Crippen LogP contribution in [0.2, 0.25) is 0 Å². The molecule has 10 rings (SSSR count). The van der Waals surface area contributed by atoms with Crippen LogP contribution in [0, 0.1) is 62.6 Å². The molecule has 2 N–H and O–H groups in total. The Labute approximate surface area is 437 Å². The van der Waals surface area contributed by atoms with E-state index in [9.17, 15) is 14.7 Å². The van der Waals surface area contributed by atoms with Crippen molar-refractivity contribution in [1.82, 2.24) is 5.32 Å². The largest absolute Gasteiger partial charge is 0.465 e. The van der Waals surface area contributed by atoms with Gasteiger partial charge in [-0.05, 0) is 208 Å². The minimum absolute atomic E-state index is 0.0160. The zero-order valence-corrected chi connectivity index (χ0v) is 46.4. The Bertz CT molecular complexity index is 2260. The molecule has 0 aromatic rings. The molecule has 0 aromatic carbocycles. The molecule has 414 valence electrons. The van der Waals surface area contributed by atoms with Gasteiger partial charge in [0.25, 0.3) is 0 Å². The maximum absolute atomic E-state index is 16.6. The van der Waals surface area contributed by atoms with Crippen LogP contribution in [0.4, 0.5) is 4.79 Å². The van der Waals surface area contributed by atoms with Gasteiger partial charge in [-0.25, -0.2) is 4.79 Å². The summed E-state index contributed by atoms with van der Waals surface area (Å²) in [4.78, 5) is 111. The van der Waals surface area contributed by atoms with Crippen LogP contribution < -0.4 is 5.32 Å². The fourth-order valence-electron chi connectivity index (χ4n) is 16.1. The van der Waals surface area contributed by atoms with Crippen molar-refractivity contribution in [3.8, 4) is 0 Å². The van der Waals surface area contributed by atoms with Gasteiger partial charge in [-0.1, -0.05) is 12.1 Å². The fraction of sp³-hybridized carbons (Fsp3) is 0.860.